The van der Waals surface area contributed by atoms with Gasteiger partial charge in [0.2, 0.25) is 0 Å². The molecule has 6 nitrogen and oxygen atoms in total. The fourth-order valence-electron chi connectivity index (χ4n) is 3.46. The normalized spacial score (nSPS) is 13.5. The molecule has 2 amide bonds. The van der Waals surface area contributed by atoms with E-state index in [1.807, 2.05) is 11.8 Å². The number of likely N-dealkylation sites (tertiary alicyclic amines) is 1. The molecular formula is C22H21FN4O2. The first-order valence-corrected chi connectivity index (χ1v) is 9.55. The molecule has 1 aliphatic heterocycles. The van der Waals surface area contributed by atoms with Gasteiger partial charge >= 0.3 is 0 Å². The highest BCUT2D eigenvalue weighted by molar-refractivity contribution is 6.05. The maximum atomic E-state index is 13.1. The Kier molecular flexibility index (Phi) is 5.12. The fourth-order valence-corrected chi connectivity index (χ4v) is 3.46. The van der Waals surface area contributed by atoms with Gasteiger partial charge in [-0.15, -0.1) is 0 Å². The van der Waals surface area contributed by atoms with Gasteiger partial charge in [-0.1, -0.05) is 6.07 Å². The molecule has 29 heavy (non-hydrogen) atoms. The molecule has 0 aliphatic carbocycles. The van der Waals surface area contributed by atoms with Gasteiger partial charge in [0, 0.05) is 30.5 Å². The minimum Gasteiger partial charge on any atom is -0.339 e. The van der Waals surface area contributed by atoms with Gasteiger partial charge in [0.05, 0.1) is 5.69 Å². The molecule has 3 aromatic rings. The van der Waals surface area contributed by atoms with Crippen LogP contribution in [-0.2, 0) is 0 Å². The minimum absolute atomic E-state index is 0.00307. The average molecular weight is 392 g/mol. The van der Waals surface area contributed by atoms with E-state index in [-0.39, 0.29) is 23.3 Å². The van der Waals surface area contributed by atoms with Crippen LogP contribution in [0.5, 0.6) is 0 Å². The molecule has 0 unspecified atom stereocenters. The van der Waals surface area contributed by atoms with Crippen molar-refractivity contribution in [2.45, 2.75) is 19.8 Å². The SMILES string of the molecule is Cc1c(NC(=O)c2ccn(-c3ccc(F)cc3)n2)cccc1C(=O)N1CCCC1. The number of nitrogens with zero attached hydrogens (tertiary/aromatic N) is 3. The van der Waals surface area contributed by atoms with Crippen molar-refractivity contribution in [2.24, 2.45) is 0 Å². The Morgan fingerprint density at radius 3 is 2.48 bits per heavy atom. The lowest BCUT2D eigenvalue weighted by Gasteiger charge is -2.18. The first-order chi connectivity index (χ1) is 14.0. The molecule has 0 bridgehead atoms. The van der Waals surface area contributed by atoms with Gasteiger partial charge in [0.1, 0.15) is 5.82 Å². The smallest absolute Gasteiger partial charge is 0.276 e. The summed E-state index contributed by atoms with van der Waals surface area (Å²) in [5, 5.41) is 7.10. The Hall–Kier alpha value is -3.48. The third-order valence-electron chi connectivity index (χ3n) is 5.12. The summed E-state index contributed by atoms with van der Waals surface area (Å²) in [6, 6.07) is 12.8. The highest BCUT2D eigenvalue weighted by Crippen LogP contribution is 2.23. The van der Waals surface area contributed by atoms with Crippen LogP contribution in [0.4, 0.5) is 10.1 Å². The number of benzene rings is 2. The first-order valence-electron chi connectivity index (χ1n) is 9.55. The molecule has 1 aromatic heterocycles. The molecular weight excluding hydrogens is 371 g/mol. The van der Waals surface area contributed by atoms with Gasteiger partial charge in [-0.3, -0.25) is 9.59 Å². The maximum Gasteiger partial charge on any atom is 0.276 e. The lowest BCUT2D eigenvalue weighted by Crippen LogP contribution is -2.28. The molecule has 1 N–H and O–H groups in total. The summed E-state index contributed by atoms with van der Waals surface area (Å²) in [5.41, 5.74) is 2.79. The predicted molar refractivity (Wildman–Crippen MR) is 108 cm³/mol. The van der Waals surface area contributed by atoms with Crippen LogP contribution in [0.15, 0.2) is 54.7 Å². The zero-order valence-electron chi connectivity index (χ0n) is 16.1. The summed E-state index contributed by atoms with van der Waals surface area (Å²) in [6.45, 7) is 3.38. The average Bonchev–Trinajstić information content (AvgIpc) is 3.42. The second kappa shape index (κ2) is 7.87. The highest BCUT2D eigenvalue weighted by atomic mass is 19.1. The number of rotatable bonds is 4. The third-order valence-corrected chi connectivity index (χ3v) is 5.12. The van der Waals surface area contributed by atoms with Crippen LogP contribution in [0, 0.1) is 12.7 Å². The largest absolute Gasteiger partial charge is 0.339 e. The van der Waals surface area contributed by atoms with Crippen molar-refractivity contribution in [1.82, 2.24) is 14.7 Å². The maximum absolute atomic E-state index is 13.1. The predicted octanol–water partition coefficient (Wildman–Crippen LogP) is 3.81. The van der Waals surface area contributed by atoms with Crippen LogP contribution >= 0.6 is 0 Å². The topological polar surface area (TPSA) is 67.2 Å². The summed E-state index contributed by atoms with van der Waals surface area (Å²) in [6.07, 6.45) is 3.69. The van der Waals surface area contributed by atoms with Gasteiger partial charge in [0.25, 0.3) is 11.8 Å². The molecule has 1 aliphatic rings. The Balaban J connectivity index is 1.52. The molecule has 0 atom stereocenters. The molecule has 2 aromatic carbocycles. The molecule has 7 heteroatoms. The van der Waals surface area contributed by atoms with Crippen molar-refractivity contribution in [3.63, 3.8) is 0 Å². The van der Waals surface area contributed by atoms with Crippen molar-refractivity contribution in [1.29, 1.82) is 0 Å². The Morgan fingerprint density at radius 1 is 1.03 bits per heavy atom. The third kappa shape index (κ3) is 3.89. The van der Waals surface area contributed by atoms with Gasteiger partial charge in [-0.2, -0.15) is 5.10 Å². The van der Waals surface area contributed by atoms with E-state index in [9.17, 15) is 14.0 Å². The van der Waals surface area contributed by atoms with Crippen LogP contribution in [0.2, 0.25) is 0 Å². The number of amides is 2. The van der Waals surface area contributed by atoms with Crippen LogP contribution in [0.3, 0.4) is 0 Å². The number of carbonyl (C=O) groups is 2. The van der Waals surface area contributed by atoms with Crippen LogP contribution < -0.4 is 5.32 Å². The van der Waals surface area contributed by atoms with E-state index >= 15 is 0 Å². The highest BCUT2D eigenvalue weighted by Gasteiger charge is 2.22. The van der Waals surface area contributed by atoms with Crippen molar-refractivity contribution in [3.8, 4) is 5.69 Å². The van der Waals surface area contributed by atoms with E-state index in [0.29, 0.717) is 16.9 Å². The number of carbonyl (C=O) groups excluding carboxylic acids is 2. The Bertz CT molecular complexity index is 1050. The van der Waals surface area contributed by atoms with Gasteiger partial charge in [0.15, 0.2) is 5.69 Å². The summed E-state index contributed by atoms with van der Waals surface area (Å²) in [4.78, 5) is 27.2. The summed E-state index contributed by atoms with van der Waals surface area (Å²) in [5.74, 6) is -0.714. The molecule has 2 heterocycles. The van der Waals surface area contributed by atoms with Gasteiger partial charge < -0.3 is 10.2 Å². The second-order valence-corrected chi connectivity index (χ2v) is 7.05. The van der Waals surface area contributed by atoms with E-state index in [0.717, 1.165) is 31.5 Å². The summed E-state index contributed by atoms with van der Waals surface area (Å²) >= 11 is 0. The van der Waals surface area contributed by atoms with Crippen molar-refractivity contribution >= 4 is 17.5 Å². The molecule has 4 rings (SSSR count). The Labute approximate surface area is 167 Å². The van der Waals surface area contributed by atoms with Crippen LogP contribution in [0.1, 0.15) is 39.3 Å². The number of halogens is 1. The number of hydrogen-bond acceptors (Lipinski definition) is 3. The monoisotopic (exact) mass is 392 g/mol. The van der Waals surface area contributed by atoms with Gasteiger partial charge in [-0.05, 0) is 67.8 Å². The van der Waals surface area contributed by atoms with Crippen LogP contribution in [-0.4, -0.2) is 39.6 Å². The van der Waals surface area contributed by atoms with E-state index in [2.05, 4.69) is 10.4 Å². The number of nitrogens with one attached hydrogen (secondary N) is 1. The number of hydrogen-bond donors (Lipinski definition) is 1. The number of aromatic nitrogens is 2. The van der Waals surface area contributed by atoms with Crippen molar-refractivity contribution < 1.29 is 14.0 Å². The van der Waals surface area contributed by atoms with Crippen LogP contribution in [0.25, 0.3) is 5.69 Å². The van der Waals surface area contributed by atoms with E-state index < -0.39 is 0 Å². The molecule has 148 valence electrons. The zero-order valence-corrected chi connectivity index (χ0v) is 16.1. The van der Waals surface area contributed by atoms with E-state index in [1.165, 1.54) is 16.8 Å². The molecule has 0 saturated carbocycles. The second-order valence-electron chi connectivity index (χ2n) is 7.05. The molecule has 0 radical (unpaired) electrons. The minimum atomic E-state index is -0.375. The summed E-state index contributed by atoms with van der Waals surface area (Å²) < 4.78 is 14.6. The van der Waals surface area contributed by atoms with Crippen molar-refractivity contribution in [3.05, 3.63) is 77.4 Å². The Morgan fingerprint density at radius 2 is 1.76 bits per heavy atom. The zero-order chi connectivity index (χ0) is 20.4. The standard InChI is InChI=1S/C22H21FN4O2/c1-15-18(22(29)26-12-2-3-13-26)5-4-6-19(15)24-21(28)20-11-14-27(25-20)17-9-7-16(23)8-10-17/h4-11,14H,2-3,12-13H2,1H3,(H,24,28). The fraction of sp³-hybridized carbons (Fsp3) is 0.227. The molecule has 1 fully saturated rings. The van der Waals surface area contributed by atoms with Gasteiger partial charge in [-0.25, -0.2) is 9.07 Å². The quantitative estimate of drug-likeness (QED) is 0.734. The van der Waals surface area contributed by atoms with Crippen molar-refractivity contribution in [2.75, 3.05) is 18.4 Å². The lowest BCUT2D eigenvalue weighted by molar-refractivity contribution is 0.0791. The number of anilines is 1. The van der Waals surface area contributed by atoms with E-state index in [1.54, 1.807) is 42.6 Å². The lowest BCUT2D eigenvalue weighted by atomic mass is 10.1. The van der Waals surface area contributed by atoms with E-state index in [4.69, 9.17) is 0 Å². The first kappa shape index (κ1) is 18.9. The summed E-state index contributed by atoms with van der Waals surface area (Å²) in [7, 11) is 0. The molecule has 0 spiro atoms. The molecule has 1 saturated heterocycles.